The SMILES string of the molecule is NC(=O)CCC(O)C1(C(N)=O)CC1. The van der Waals surface area contributed by atoms with Crippen molar-refractivity contribution < 1.29 is 14.7 Å². The van der Waals surface area contributed by atoms with E-state index in [1.807, 2.05) is 0 Å². The average molecular weight is 186 g/mol. The number of aliphatic hydroxyl groups is 1. The van der Waals surface area contributed by atoms with Gasteiger partial charge in [-0.15, -0.1) is 0 Å². The lowest BCUT2D eigenvalue weighted by Gasteiger charge is -2.17. The van der Waals surface area contributed by atoms with Gasteiger partial charge in [-0.3, -0.25) is 9.59 Å². The zero-order valence-corrected chi connectivity index (χ0v) is 7.32. The second kappa shape index (κ2) is 3.33. The van der Waals surface area contributed by atoms with Gasteiger partial charge in [-0.25, -0.2) is 0 Å². The van der Waals surface area contributed by atoms with E-state index in [-0.39, 0.29) is 12.8 Å². The van der Waals surface area contributed by atoms with E-state index in [1.165, 1.54) is 0 Å². The molecule has 5 nitrogen and oxygen atoms in total. The minimum atomic E-state index is -0.822. The molecule has 0 bridgehead atoms. The Bertz CT molecular complexity index is 236. The van der Waals surface area contributed by atoms with Crippen LogP contribution in [0, 0.1) is 5.41 Å². The summed E-state index contributed by atoms with van der Waals surface area (Å²) in [5.41, 5.74) is 9.27. The van der Waals surface area contributed by atoms with Crippen molar-refractivity contribution in [2.75, 3.05) is 0 Å². The summed E-state index contributed by atoms with van der Waals surface area (Å²) < 4.78 is 0. The van der Waals surface area contributed by atoms with Crippen molar-refractivity contribution in [1.29, 1.82) is 0 Å². The number of carbonyl (C=O) groups excluding carboxylic acids is 2. The first kappa shape index (κ1) is 9.98. The molecule has 1 rings (SSSR count). The minimum absolute atomic E-state index is 0.0934. The van der Waals surface area contributed by atoms with Gasteiger partial charge in [0.15, 0.2) is 0 Å². The number of amides is 2. The molecule has 1 saturated carbocycles. The number of carbonyl (C=O) groups is 2. The van der Waals surface area contributed by atoms with E-state index >= 15 is 0 Å². The lowest BCUT2D eigenvalue weighted by atomic mass is 9.94. The minimum Gasteiger partial charge on any atom is -0.392 e. The first-order valence-electron chi connectivity index (χ1n) is 4.25. The third kappa shape index (κ3) is 1.98. The molecular formula is C8H14N2O3. The molecule has 5 heteroatoms. The van der Waals surface area contributed by atoms with Crippen LogP contribution >= 0.6 is 0 Å². The monoisotopic (exact) mass is 186 g/mol. The molecule has 13 heavy (non-hydrogen) atoms. The van der Waals surface area contributed by atoms with Crippen LogP contribution in [0.15, 0.2) is 0 Å². The summed E-state index contributed by atoms with van der Waals surface area (Å²) in [6.07, 6.45) is 0.719. The van der Waals surface area contributed by atoms with Crippen LogP contribution in [0.3, 0.4) is 0 Å². The predicted octanol–water partition coefficient (Wildman–Crippen LogP) is -1.12. The third-order valence-electron chi connectivity index (χ3n) is 2.58. The zero-order valence-electron chi connectivity index (χ0n) is 7.32. The molecule has 2 amide bonds. The molecule has 1 aliphatic carbocycles. The molecule has 0 spiro atoms. The molecule has 0 saturated heterocycles. The topological polar surface area (TPSA) is 106 Å². The molecule has 1 atom stereocenters. The third-order valence-corrected chi connectivity index (χ3v) is 2.58. The van der Waals surface area contributed by atoms with E-state index in [0.29, 0.717) is 12.8 Å². The zero-order chi connectivity index (χ0) is 10.1. The molecule has 0 aliphatic heterocycles. The summed E-state index contributed by atoms with van der Waals surface area (Å²) in [7, 11) is 0. The van der Waals surface area contributed by atoms with Crippen molar-refractivity contribution in [3.05, 3.63) is 0 Å². The second-order valence-corrected chi connectivity index (χ2v) is 3.54. The second-order valence-electron chi connectivity index (χ2n) is 3.54. The van der Waals surface area contributed by atoms with Crippen molar-refractivity contribution in [2.24, 2.45) is 16.9 Å². The quantitative estimate of drug-likeness (QED) is 0.506. The number of primary amides is 2. The fourth-order valence-corrected chi connectivity index (χ4v) is 1.43. The average Bonchev–Trinajstić information content (AvgIpc) is 2.79. The van der Waals surface area contributed by atoms with E-state index in [1.54, 1.807) is 0 Å². The van der Waals surface area contributed by atoms with E-state index in [0.717, 1.165) is 0 Å². The van der Waals surface area contributed by atoms with Crippen LogP contribution in [-0.2, 0) is 9.59 Å². The van der Waals surface area contributed by atoms with Crippen molar-refractivity contribution in [2.45, 2.75) is 31.8 Å². The number of aliphatic hydroxyl groups excluding tert-OH is 1. The molecular weight excluding hydrogens is 172 g/mol. The van der Waals surface area contributed by atoms with Crippen molar-refractivity contribution >= 4 is 11.8 Å². The molecule has 0 aromatic heterocycles. The van der Waals surface area contributed by atoms with Crippen molar-refractivity contribution in [3.63, 3.8) is 0 Å². The van der Waals surface area contributed by atoms with Gasteiger partial charge in [0.2, 0.25) is 11.8 Å². The molecule has 0 heterocycles. The van der Waals surface area contributed by atoms with E-state index in [9.17, 15) is 14.7 Å². The van der Waals surface area contributed by atoms with E-state index in [2.05, 4.69) is 0 Å². The van der Waals surface area contributed by atoms with Crippen LogP contribution < -0.4 is 11.5 Å². The lowest BCUT2D eigenvalue weighted by Crippen LogP contribution is -2.36. The molecule has 0 aromatic rings. The van der Waals surface area contributed by atoms with Gasteiger partial charge in [-0.2, -0.15) is 0 Å². The molecule has 1 aliphatic rings. The highest BCUT2D eigenvalue weighted by Gasteiger charge is 2.53. The first-order valence-corrected chi connectivity index (χ1v) is 4.25. The maximum atomic E-state index is 10.9. The highest BCUT2D eigenvalue weighted by atomic mass is 16.3. The number of nitrogens with two attached hydrogens (primary N) is 2. The molecule has 0 radical (unpaired) electrons. The maximum absolute atomic E-state index is 10.9. The first-order chi connectivity index (χ1) is 5.99. The summed E-state index contributed by atoms with van der Waals surface area (Å²) in [5, 5.41) is 9.55. The van der Waals surface area contributed by atoms with Crippen molar-refractivity contribution in [3.8, 4) is 0 Å². The van der Waals surface area contributed by atoms with Gasteiger partial charge < -0.3 is 16.6 Å². The molecule has 74 valence electrons. The fourth-order valence-electron chi connectivity index (χ4n) is 1.43. The summed E-state index contributed by atoms with van der Waals surface area (Å²) in [5.74, 6) is -0.955. The Morgan fingerprint density at radius 1 is 1.38 bits per heavy atom. The standard InChI is InChI=1S/C8H14N2O3/c9-6(12)2-1-5(11)8(3-4-8)7(10)13/h5,11H,1-4H2,(H2,9,12)(H2,10,13). The number of hydrogen-bond donors (Lipinski definition) is 3. The maximum Gasteiger partial charge on any atom is 0.226 e. The molecule has 1 fully saturated rings. The van der Waals surface area contributed by atoms with Crippen LogP contribution in [0.2, 0.25) is 0 Å². The Hall–Kier alpha value is -1.10. The summed E-state index contributed by atoms with van der Waals surface area (Å²) >= 11 is 0. The smallest absolute Gasteiger partial charge is 0.226 e. The van der Waals surface area contributed by atoms with Gasteiger partial charge >= 0.3 is 0 Å². The van der Waals surface area contributed by atoms with Gasteiger partial charge in [0.05, 0.1) is 11.5 Å². The largest absolute Gasteiger partial charge is 0.392 e. The highest BCUT2D eigenvalue weighted by molar-refractivity contribution is 5.84. The lowest BCUT2D eigenvalue weighted by molar-refractivity contribution is -0.128. The number of hydrogen-bond acceptors (Lipinski definition) is 3. The van der Waals surface area contributed by atoms with Gasteiger partial charge in [0.1, 0.15) is 0 Å². The summed E-state index contributed by atoms with van der Waals surface area (Å²) in [4.78, 5) is 21.3. The van der Waals surface area contributed by atoms with Gasteiger partial charge in [-0.1, -0.05) is 0 Å². The van der Waals surface area contributed by atoms with E-state index in [4.69, 9.17) is 11.5 Å². The molecule has 5 N–H and O–H groups in total. The number of rotatable bonds is 5. The van der Waals surface area contributed by atoms with Gasteiger partial charge in [0, 0.05) is 6.42 Å². The Kier molecular flexibility index (Phi) is 2.56. The molecule has 1 unspecified atom stereocenters. The summed E-state index contributed by atoms with van der Waals surface area (Å²) in [6, 6.07) is 0. The Morgan fingerprint density at radius 2 is 1.92 bits per heavy atom. The Morgan fingerprint density at radius 3 is 2.23 bits per heavy atom. The predicted molar refractivity (Wildman–Crippen MR) is 45.3 cm³/mol. The Labute approximate surface area is 76.1 Å². The van der Waals surface area contributed by atoms with Crippen LogP contribution in [0.4, 0.5) is 0 Å². The summed E-state index contributed by atoms with van der Waals surface area (Å²) in [6.45, 7) is 0. The van der Waals surface area contributed by atoms with Crippen LogP contribution in [-0.4, -0.2) is 23.0 Å². The van der Waals surface area contributed by atoms with Crippen LogP contribution in [0.1, 0.15) is 25.7 Å². The van der Waals surface area contributed by atoms with Gasteiger partial charge in [0.25, 0.3) is 0 Å². The van der Waals surface area contributed by atoms with Crippen LogP contribution in [0.5, 0.6) is 0 Å². The van der Waals surface area contributed by atoms with Crippen molar-refractivity contribution in [1.82, 2.24) is 0 Å². The normalized spacial score (nSPS) is 20.7. The highest BCUT2D eigenvalue weighted by Crippen LogP contribution is 2.49. The van der Waals surface area contributed by atoms with Crippen LogP contribution in [0.25, 0.3) is 0 Å². The van der Waals surface area contributed by atoms with E-state index < -0.39 is 23.3 Å². The molecule has 0 aromatic carbocycles. The fraction of sp³-hybridized carbons (Fsp3) is 0.750. The van der Waals surface area contributed by atoms with Gasteiger partial charge in [-0.05, 0) is 19.3 Å². The Balaban J connectivity index is 2.43.